The zero-order valence-electron chi connectivity index (χ0n) is 16.9. The predicted octanol–water partition coefficient (Wildman–Crippen LogP) is 2.67. The fourth-order valence-electron chi connectivity index (χ4n) is 3.50. The summed E-state index contributed by atoms with van der Waals surface area (Å²) in [6.45, 7) is 2.03. The van der Waals surface area contributed by atoms with Crippen molar-refractivity contribution in [3.8, 4) is 0 Å². The number of benzene rings is 2. The number of carbonyl (C=O) groups is 1. The Morgan fingerprint density at radius 3 is 2.48 bits per heavy atom. The average molecular weight is 448 g/mol. The topological polar surface area (TPSA) is 148 Å². The summed E-state index contributed by atoms with van der Waals surface area (Å²) in [4.78, 5) is 24.9. The number of nitro groups is 1. The number of hydrogen-bond acceptors (Lipinski definition) is 7. The predicted molar refractivity (Wildman–Crippen MR) is 119 cm³/mol. The van der Waals surface area contributed by atoms with Crippen molar-refractivity contribution in [3.63, 3.8) is 0 Å². The van der Waals surface area contributed by atoms with Gasteiger partial charge in [0.05, 0.1) is 21.2 Å². The van der Waals surface area contributed by atoms with Gasteiger partial charge in [0, 0.05) is 32.1 Å². The quantitative estimate of drug-likeness (QED) is 0.416. The number of carbonyl (C=O) groups excluding carboxylic acids is 1. The lowest BCUT2D eigenvalue weighted by Crippen LogP contribution is -2.30. The highest BCUT2D eigenvalue weighted by Crippen LogP contribution is 2.29. The number of piperidine rings is 1. The lowest BCUT2D eigenvalue weighted by atomic mass is 10.1. The first kappa shape index (κ1) is 22.5. The third-order valence-electron chi connectivity index (χ3n) is 5.04. The fourth-order valence-corrected chi connectivity index (χ4v) is 4.04. The summed E-state index contributed by atoms with van der Waals surface area (Å²) in [6, 6.07) is 11.0. The molecule has 10 nitrogen and oxygen atoms in total. The highest BCUT2D eigenvalue weighted by molar-refractivity contribution is 7.89. The Balaban J connectivity index is 1.62. The van der Waals surface area contributed by atoms with E-state index in [4.69, 9.17) is 5.14 Å². The monoisotopic (exact) mass is 447 g/mol. The first-order chi connectivity index (χ1) is 14.8. The largest absolute Gasteiger partial charge is 0.379 e. The molecular weight excluding hydrogens is 422 g/mol. The van der Waals surface area contributed by atoms with Gasteiger partial charge < -0.3 is 15.5 Å². The van der Waals surface area contributed by atoms with Crippen molar-refractivity contribution in [2.24, 2.45) is 5.14 Å². The van der Waals surface area contributed by atoms with Gasteiger partial charge >= 0.3 is 0 Å². The molecule has 1 aliphatic rings. The Bertz CT molecular complexity index is 1070. The van der Waals surface area contributed by atoms with Gasteiger partial charge in [-0.05, 0) is 43.5 Å². The molecule has 4 N–H and O–H groups in total. The van der Waals surface area contributed by atoms with Gasteiger partial charge in [0.2, 0.25) is 15.9 Å². The number of nitrogens with one attached hydrogen (secondary N) is 2. The lowest BCUT2D eigenvalue weighted by molar-refractivity contribution is -0.384. The number of para-hydroxylation sites is 2. The molecule has 0 aromatic heterocycles. The summed E-state index contributed by atoms with van der Waals surface area (Å²) in [7, 11) is -4.06. The second-order valence-corrected chi connectivity index (χ2v) is 8.83. The molecule has 1 heterocycles. The summed E-state index contributed by atoms with van der Waals surface area (Å²) >= 11 is 0. The Morgan fingerprint density at radius 1 is 1.10 bits per heavy atom. The SMILES string of the molecule is NS(=O)(=O)c1ccc(NCCC(=O)Nc2ccccc2N2CCCCC2)c([N+](=O)[O-])c1. The number of nitrogens with zero attached hydrogens (tertiary/aromatic N) is 2. The molecule has 1 aliphatic heterocycles. The van der Waals surface area contributed by atoms with E-state index in [2.05, 4.69) is 15.5 Å². The van der Waals surface area contributed by atoms with E-state index < -0.39 is 20.6 Å². The molecule has 1 saturated heterocycles. The maximum absolute atomic E-state index is 12.4. The summed E-state index contributed by atoms with van der Waals surface area (Å²) in [5, 5.41) is 22.0. The van der Waals surface area contributed by atoms with Crippen LogP contribution in [0.25, 0.3) is 0 Å². The summed E-state index contributed by atoms with van der Waals surface area (Å²) < 4.78 is 22.8. The zero-order valence-corrected chi connectivity index (χ0v) is 17.7. The van der Waals surface area contributed by atoms with Crippen molar-refractivity contribution >= 4 is 38.7 Å². The van der Waals surface area contributed by atoms with E-state index in [1.165, 1.54) is 18.6 Å². The minimum Gasteiger partial charge on any atom is -0.379 e. The molecule has 3 rings (SSSR count). The molecule has 1 amide bonds. The highest BCUT2D eigenvalue weighted by atomic mass is 32.2. The standard InChI is InChI=1S/C20H25N5O5S/c21-31(29,30)15-8-9-16(19(14-15)25(27)28)22-11-10-20(26)23-17-6-2-3-7-18(17)24-12-4-1-5-13-24/h2-3,6-9,14,22H,1,4-5,10-13H2,(H,23,26)(H2,21,29,30). The molecular formula is C20H25N5O5S. The van der Waals surface area contributed by atoms with Gasteiger partial charge in [0.15, 0.2) is 0 Å². The van der Waals surface area contributed by atoms with E-state index in [-0.39, 0.29) is 29.5 Å². The molecule has 2 aromatic carbocycles. The van der Waals surface area contributed by atoms with Gasteiger partial charge in [0.25, 0.3) is 5.69 Å². The van der Waals surface area contributed by atoms with Crippen molar-refractivity contribution in [1.29, 1.82) is 0 Å². The number of primary sulfonamides is 1. The molecule has 31 heavy (non-hydrogen) atoms. The van der Waals surface area contributed by atoms with Crippen LogP contribution < -0.4 is 20.7 Å². The van der Waals surface area contributed by atoms with Crippen molar-refractivity contribution in [1.82, 2.24) is 0 Å². The number of nitrogens with two attached hydrogens (primary N) is 1. The number of sulfonamides is 1. The number of anilines is 3. The number of hydrogen-bond donors (Lipinski definition) is 3. The van der Waals surface area contributed by atoms with Crippen molar-refractivity contribution in [2.45, 2.75) is 30.6 Å². The first-order valence-electron chi connectivity index (χ1n) is 9.94. The Kier molecular flexibility index (Phi) is 7.08. The Morgan fingerprint density at radius 2 is 1.81 bits per heavy atom. The van der Waals surface area contributed by atoms with Crippen LogP contribution in [0.5, 0.6) is 0 Å². The van der Waals surface area contributed by atoms with E-state index in [1.54, 1.807) is 0 Å². The number of rotatable bonds is 8. The van der Waals surface area contributed by atoms with Crippen LogP contribution in [-0.2, 0) is 14.8 Å². The van der Waals surface area contributed by atoms with Gasteiger partial charge in [-0.3, -0.25) is 14.9 Å². The second-order valence-electron chi connectivity index (χ2n) is 7.27. The summed E-state index contributed by atoms with van der Waals surface area (Å²) in [5.74, 6) is -0.235. The molecule has 0 bridgehead atoms. The van der Waals surface area contributed by atoms with Crippen LogP contribution in [0.4, 0.5) is 22.7 Å². The van der Waals surface area contributed by atoms with Gasteiger partial charge in [-0.2, -0.15) is 0 Å². The van der Waals surface area contributed by atoms with Crippen LogP contribution >= 0.6 is 0 Å². The molecule has 2 aromatic rings. The highest BCUT2D eigenvalue weighted by Gasteiger charge is 2.19. The second kappa shape index (κ2) is 9.75. The van der Waals surface area contributed by atoms with Gasteiger partial charge in [-0.25, -0.2) is 13.6 Å². The molecule has 0 aliphatic carbocycles. The number of nitro benzene ring substituents is 1. The van der Waals surface area contributed by atoms with Gasteiger partial charge in [0.1, 0.15) is 5.69 Å². The third kappa shape index (κ3) is 5.92. The summed E-state index contributed by atoms with van der Waals surface area (Å²) in [6.07, 6.45) is 3.52. The normalized spacial score (nSPS) is 14.2. The zero-order chi connectivity index (χ0) is 22.4. The van der Waals surface area contributed by atoms with Crippen LogP contribution in [0.3, 0.4) is 0 Å². The van der Waals surface area contributed by atoms with Gasteiger partial charge in [-0.15, -0.1) is 0 Å². The van der Waals surface area contributed by atoms with Crippen LogP contribution in [0.15, 0.2) is 47.4 Å². The van der Waals surface area contributed by atoms with Crippen LogP contribution in [-0.4, -0.2) is 38.9 Å². The molecule has 11 heteroatoms. The minimum absolute atomic E-state index is 0.0719. The van der Waals surface area contributed by atoms with Gasteiger partial charge in [-0.1, -0.05) is 12.1 Å². The molecule has 0 radical (unpaired) electrons. The summed E-state index contributed by atoms with van der Waals surface area (Å²) in [5.41, 5.74) is 1.40. The number of amides is 1. The molecule has 1 fully saturated rings. The van der Waals surface area contributed by atoms with E-state index in [0.29, 0.717) is 0 Å². The average Bonchev–Trinajstić information content (AvgIpc) is 2.74. The van der Waals surface area contributed by atoms with Crippen LogP contribution in [0.1, 0.15) is 25.7 Å². The van der Waals surface area contributed by atoms with Crippen molar-refractivity contribution in [2.75, 3.05) is 35.2 Å². The van der Waals surface area contributed by atoms with E-state index in [0.717, 1.165) is 43.4 Å². The fraction of sp³-hybridized carbons (Fsp3) is 0.350. The van der Waals surface area contributed by atoms with E-state index in [1.807, 2.05) is 24.3 Å². The smallest absolute Gasteiger partial charge is 0.293 e. The molecule has 166 valence electrons. The van der Waals surface area contributed by atoms with Crippen molar-refractivity contribution in [3.05, 3.63) is 52.6 Å². The Hall–Kier alpha value is -3.18. The molecule has 0 spiro atoms. The van der Waals surface area contributed by atoms with Crippen molar-refractivity contribution < 1.29 is 18.1 Å². The van der Waals surface area contributed by atoms with E-state index >= 15 is 0 Å². The third-order valence-corrected chi connectivity index (χ3v) is 5.95. The minimum atomic E-state index is -4.06. The Labute approximate surface area is 180 Å². The molecule has 0 atom stereocenters. The molecule has 0 saturated carbocycles. The van der Waals surface area contributed by atoms with Crippen LogP contribution in [0.2, 0.25) is 0 Å². The van der Waals surface area contributed by atoms with E-state index in [9.17, 15) is 23.3 Å². The lowest BCUT2D eigenvalue weighted by Gasteiger charge is -2.30. The maximum Gasteiger partial charge on any atom is 0.293 e. The maximum atomic E-state index is 12.4. The molecule has 0 unspecified atom stereocenters. The first-order valence-corrected chi connectivity index (χ1v) is 11.5. The van der Waals surface area contributed by atoms with Crippen LogP contribution in [0, 0.1) is 10.1 Å².